The lowest BCUT2D eigenvalue weighted by atomic mass is 10.2. The quantitative estimate of drug-likeness (QED) is 0.648. The molecule has 0 amide bonds. The van der Waals surface area contributed by atoms with Crippen molar-refractivity contribution in [3.63, 3.8) is 0 Å². The second kappa shape index (κ2) is 7.75. The Bertz CT molecular complexity index is 608. The summed E-state index contributed by atoms with van der Waals surface area (Å²) in [6, 6.07) is 14.0. The summed E-state index contributed by atoms with van der Waals surface area (Å²) in [6.07, 6.45) is 0.996. The van der Waals surface area contributed by atoms with Gasteiger partial charge in [0.05, 0.1) is 0 Å². The van der Waals surface area contributed by atoms with E-state index in [9.17, 15) is 0 Å². The topological polar surface area (TPSA) is 40.2 Å². The number of pyridine rings is 1. The summed E-state index contributed by atoms with van der Waals surface area (Å²) in [7, 11) is 0. The fraction of sp³-hybridized carbons (Fsp3) is 0.294. The molecule has 0 unspecified atom stereocenters. The Morgan fingerprint density at radius 1 is 1.18 bits per heavy atom. The van der Waals surface area contributed by atoms with Crippen LogP contribution in [0.2, 0.25) is 0 Å². The molecule has 2 rings (SSSR count). The number of rotatable bonds is 5. The molecule has 0 atom stereocenters. The smallest absolute Gasteiger partial charge is 0.189 e. The second-order valence-electron chi connectivity index (χ2n) is 5.23. The highest BCUT2D eigenvalue weighted by Crippen LogP contribution is 2.14. The molecule has 0 spiro atoms. The van der Waals surface area contributed by atoms with E-state index in [1.807, 2.05) is 42.3 Å². The van der Waals surface area contributed by atoms with Crippen LogP contribution in [-0.4, -0.2) is 16.6 Å². The lowest BCUT2D eigenvalue weighted by molar-refractivity contribution is 0.727. The van der Waals surface area contributed by atoms with E-state index in [0.717, 1.165) is 30.2 Å². The first-order chi connectivity index (χ1) is 10.6. The first kappa shape index (κ1) is 16.2. The largest absolute Gasteiger partial charge is 0.331 e. The maximum absolute atomic E-state index is 5.40. The van der Waals surface area contributed by atoms with Gasteiger partial charge in [-0.1, -0.05) is 25.1 Å². The Balaban J connectivity index is 2.09. The Labute approximate surface area is 137 Å². The lowest BCUT2D eigenvalue weighted by Crippen LogP contribution is -2.45. The molecule has 0 radical (unpaired) electrons. The van der Waals surface area contributed by atoms with Gasteiger partial charge in [0.1, 0.15) is 5.82 Å². The summed E-state index contributed by atoms with van der Waals surface area (Å²) >= 11 is 5.40. The predicted octanol–water partition coefficient (Wildman–Crippen LogP) is 3.82. The minimum atomic E-state index is 0.556. The van der Waals surface area contributed by atoms with Crippen LogP contribution >= 0.6 is 12.2 Å². The fourth-order valence-electron chi connectivity index (χ4n) is 2.21. The van der Waals surface area contributed by atoms with Crippen LogP contribution in [0.1, 0.15) is 24.6 Å². The van der Waals surface area contributed by atoms with Crippen molar-refractivity contribution in [2.24, 2.45) is 0 Å². The zero-order valence-electron chi connectivity index (χ0n) is 13.3. The van der Waals surface area contributed by atoms with Crippen LogP contribution in [0.3, 0.4) is 0 Å². The third kappa shape index (κ3) is 4.70. The lowest BCUT2D eigenvalue weighted by Gasteiger charge is -2.26. The Morgan fingerprint density at radius 2 is 1.91 bits per heavy atom. The maximum atomic E-state index is 5.40. The number of aryl methyl sites for hydroxylation is 2. The molecule has 1 aromatic carbocycles. The van der Waals surface area contributed by atoms with Crippen molar-refractivity contribution in [1.82, 2.24) is 10.4 Å². The van der Waals surface area contributed by atoms with Crippen LogP contribution in [0.4, 0.5) is 11.5 Å². The Morgan fingerprint density at radius 3 is 2.55 bits per heavy atom. The normalized spacial score (nSPS) is 10.1. The highest BCUT2D eigenvalue weighted by molar-refractivity contribution is 7.80. The van der Waals surface area contributed by atoms with Gasteiger partial charge in [-0.3, -0.25) is 10.4 Å². The minimum absolute atomic E-state index is 0.556. The maximum Gasteiger partial charge on any atom is 0.189 e. The fourth-order valence-corrected chi connectivity index (χ4v) is 2.44. The second-order valence-corrected chi connectivity index (χ2v) is 5.64. The van der Waals surface area contributed by atoms with Gasteiger partial charge < -0.3 is 5.32 Å². The van der Waals surface area contributed by atoms with Crippen molar-refractivity contribution in [2.75, 3.05) is 16.9 Å². The summed E-state index contributed by atoms with van der Waals surface area (Å²) in [6.45, 7) is 7.03. The third-order valence-corrected chi connectivity index (χ3v) is 3.27. The van der Waals surface area contributed by atoms with E-state index in [2.05, 4.69) is 41.7 Å². The van der Waals surface area contributed by atoms with E-state index in [1.54, 1.807) is 0 Å². The van der Waals surface area contributed by atoms with Crippen molar-refractivity contribution in [3.05, 3.63) is 53.7 Å². The molecule has 1 aromatic heterocycles. The van der Waals surface area contributed by atoms with Gasteiger partial charge in [0.2, 0.25) is 0 Å². The first-order valence-corrected chi connectivity index (χ1v) is 7.85. The van der Waals surface area contributed by atoms with Crippen LogP contribution in [0.25, 0.3) is 0 Å². The SMILES string of the molecule is CCCN(NC(=S)Nc1ccccc1)c1cc(C)cc(C)n1. The Hall–Kier alpha value is -2.14. The third-order valence-electron chi connectivity index (χ3n) is 3.08. The predicted molar refractivity (Wildman–Crippen MR) is 97.1 cm³/mol. The molecule has 5 heteroatoms. The van der Waals surface area contributed by atoms with Crippen LogP contribution in [0.15, 0.2) is 42.5 Å². The van der Waals surface area contributed by atoms with Crippen molar-refractivity contribution in [2.45, 2.75) is 27.2 Å². The molecule has 0 saturated carbocycles. The zero-order chi connectivity index (χ0) is 15.9. The number of anilines is 2. The molecular weight excluding hydrogens is 292 g/mol. The van der Waals surface area contributed by atoms with Gasteiger partial charge in [-0.25, -0.2) is 4.98 Å². The standard InChI is InChI=1S/C17H22N4S/c1-4-10-21(16-12-13(2)11-14(3)18-16)20-17(22)19-15-8-6-5-7-9-15/h5-9,11-12H,4,10H2,1-3H3,(H2,19,20,22). The number of aromatic nitrogens is 1. The van der Waals surface area contributed by atoms with Crippen molar-refractivity contribution >= 4 is 28.8 Å². The van der Waals surface area contributed by atoms with Gasteiger partial charge >= 0.3 is 0 Å². The van der Waals surface area contributed by atoms with E-state index in [4.69, 9.17) is 12.2 Å². The van der Waals surface area contributed by atoms with Crippen LogP contribution in [0, 0.1) is 13.8 Å². The van der Waals surface area contributed by atoms with Crippen molar-refractivity contribution in [1.29, 1.82) is 0 Å². The summed E-state index contributed by atoms with van der Waals surface area (Å²) < 4.78 is 0. The number of para-hydroxylation sites is 1. The minimum Gasteiger partial charge on any atom is -0.331 e. The molecule has 2 aromatic rings. The van der Waals surface area contributed by atoms with Gasteiger partial charge in [-0.15, -0.1) is 0 Å². The molecule has 2 N–H and O–H groups in total. The van der Waals surface area contributed by atoms with Crippen LogP contribution in [0.5, 0.6) is 0 Å². The number of nitrogens with one attached hydrogen (secondary N) is 2. The highest BCUT2D eigenvalue weighted by Gasteiger charge is 2.10. The van der Waals surface area contributed by atoms with Crippen molar-refractivity contribution < 1.29 is 0 Å². The van der Waals surface area contributed by atoms with Crippen LogP contribution < -0.4 is 15.8 Å². The molecule has 0 aliphatic heterocycles. The van der Waals surface area contributed by atoms with E-state index >= 15 is 0 Å². The van der Waals surface area contributed by atoms with E-state index in [1.165, 1.54) is 5.56 Å². The molecule has 116 valence electrons. The summed E-state index contributed by atoms with van der Waals surface area (Å²) in [5.41, 5.74) is 6.38. The average Bonchev–Trinajstić information content (AvgIpc) is 2.47. The van der Waals surface area contributed by atoms with Crippen LogP contribution in [-0.2, 0) is 0 Å². The molecule has 0 bridgehead atoms. The number of nitrogens with zero attached hydrogens (tertiary/aromatic N) is 2. The molecule has 0 saturated heterocycles. The molecule has 4 nitrogen and oxygen atoms in total. The summed E-state index contributed by atoms with van der Waals surface area (Å²) in [5, 5.41) is 5.72. The number of benzene rings is 1. The zero-order valence-corrected chi connectivity index (χ0v) is 14.1. The molecule has 0 aliphatic carbocycles. The molecular formula is C17H22N4S. The number of thiocarbonyl (C=S) groups is 1. The van der Waals surface area contributed by atoms with E-state index in [0.29, 0.717) is 5.11 Å². The number of hydrogen-bond acceptors (Lipinski definition) is 3. The van der Waals surface area contributed by atoms with Crippen molar-refractivity contribution in [3.8, 4) is 0 Å². The average molecular weight is 314 g/mol. The van der Waals surface area contributed by atoms with Gasteiger partial charge in [-0.05, 0) is 62.3 Å². The molecule has 1 heterocycles. The summed E-state index contributed by atoms with van der Waals surface area (Å²) in [5.74, 6) is 0.886. The molecule has 0 aliphatic rings. The molecule has 0 fully saturated rings. The van der Waals surface area contributed by atoms with Gasteiger partial charge in [-0.2, -0.15) is 0 Å². The first-order valence-electron chi connectivity index (χ1n) is 7.44. The highest BCUT2D eigenvalue weighted by atomic mass is 32.1. The van der Waals surface area contributed by atoms with E-state index < -0.39 is 0 Å². The van der Waals surface area contributed by atoms with Gasteiger partial charge in [0.25, 0.3) is 0 Å². The number of hydrazine groups is 1. The monoisotopic (exact) mass is 314 g/mol. The molecule has 22 heavy (non-hydrogen) atoms. The Kier molecular flexibility index (Phi) is 5.72. The number of hydrogen-bond donors (Lipinski definition) is 2. The van der Waals surface area contributed by atoms with Gasteiger partial charge in [0.15, 0.2) is 5.11 Å². The van der Waals surface area contributed by atoms with E-state index in [-0.39, 0.29) is 0 Å². The van der Waals surface area contributed by atoms with Gasteiger partial charge in [0, 0.05) is 17.9 Å². The summed E-state index contributed by atoms with van der Waals surface area (Å²) in [4.78, 5) is 4.59.